The number of aromatic nitrogens is 2. The summed E-state index contributed by atoms with van der Waals surface area (Å²) in [7, 11) is 0. The molecule has 0 radical (unpaired) electrons. The number of hydrogen-bond donors (Lipinski definition) is 2. The van der Waals surface area contributed by atoms with Gasteiger partial charge < -0.3 is 14.8 Å². The molecule has 4 rings (SSSR count). The van der Waals surface area contributed by atoms with Crippen molar-refractivity contribution in [2.75, 3.05) is 6.61 Å². The molecule has 0 aliphatic rings. The second-order valence-corrected chi connectivity index (χ2v) is 8.85. The summed E-state index contributed by atoms with van der Waals surface area (Å²) in [6.07, 6.45) is -4.72. The van der Waals surface area contributed by atoms with E-state index in [0.717, 1.165) is 17.2 Å². The lowest BCUT2D eigenvalue weighted by atomic mass is 9.94. The first-order valence-electron chi connectivity index (χ1n) is 10.9. The molecule has 1 heterocycles. The molecule has 2 N–H and O–H groups in total. The Morgan fingerprint density at radius 3 is 2.14 bits per heavy atom. The Hall–Kier alpha value is -3.65. The van der Waals surface area contributed by atoms with E-state index in [9.17, 15) is 22.7 Å². The average Bonchev–Trinajstić information content (AvgIpc) is 3.25. The third-order valence-electron chi connectivity index (χ3n) is 5.71. The number of halogens is 4. The monoisotopic (exact) mass is 484 g/mol. The molecule has 0 bridgehead atoms. The van der Waals surface area contributed by atoms with Crippen LogP contribution in [-0.2, 0) is 18.2 Å². The highest BCUT2D eigenvalue weighted by Crippen LogP contribution is 2.39. The molecule has 35 heavy (non-hydrogen) atoms. The summed E-state index contributed by atoms with van der Waals surface area (Å²) in [5.41, 5.74) is 0.508. The maximum atomic E-state index is 14.5. The van der Waals surface area contributed by atoms with E-state index in [1.54, 1.807) is 26.0 Å². The Balaban J connectivity index is 1.58. The van der Waals surface area contributed by atoms with E-state index in [-0.39, 0.29) is 36.0 Å². The SMILES string of the molecule is CC(C)(CO)c1nc(-c2ccc(OCc3ccc(-c4ccccc4)cc3)c(C(F)(F)F)c2)c(F)[nH]1. The third-order valence-corrected chi connectivity index (χ3v) is 5.71. The summed E-state index contributed by atoms with van der Waals surface area (Å²) in [6, 6.07) is 20.4. The minimum absolute atomic E-state index is 0.0503. The molecule has 0 atom stereocenters. The van der Waals surface area contributed by atoms with Gasteiger partial charge in [0.25, 0.3) is 0 Å². The van der Waals surface area contributed by atoms with Gasteiger partial charge in [0.1, 0.15) is 23.9 Å². The van der Waals surface area contributed by atoms with Crippen LogP contribution in [0.3, 0.4) is 0 Å². The van der Waals surface area contributed by atoms with Crippen molar-refractivity contribution in [1.82, 2.24) is 9.97 Å². The lowest BCUT2D eigenvalue weighted by Gasteiger charge is -2.18. The first-order valence-corrected chi connectivity index (χ1v) is 10.9. The molecule has 0 spiro atoms. The van der Waals surface area contributed by atoms with Gasteiger partial charge in [-0.05, 0) is 34.9 Å². The van der Waals surface area contributed by atoms with Gasteiger partial charge in [0.2, 0.25) is 5.95 Å². The Bertz CT molecular complexity index is 1300. The van der Waals surface area contributed by atoms with Crippen molar-refractivity contribution in [1.29, 1.82) is 0 Å². The fourth-order valence-corrected chi connectivity index (χ4v) is 3.55. The van der Waals surface area contributed by atoms with Gasteiger partial charge in [-0.2, -0.15) is 17.6 Å². The topological polar surface area (TPSA) is 58.1 Å². The molecule has 0 fully saturated rings. The largest absolute Gasteiger partial charge is 0.488 e. The smallest absolute Gasteiger partial charge is 0.419 e. The van der Waals surface area contributed by atoms with Crippen molar-refractivity contribution in [3.05, 3.63) is 95.7 Å². The fourth-order valence-electron chi connectivity index (χ4n) is 3.55. The number of hydrogen-bond acceptors (Lipinski definition) is 3. The van der Waals surface area contributed by atoms with Gasteiger partial charge in [-0.15, -0.1) is 0 Å². The number of aromatic amines is 1. The number of aliphatic hydroxyl groups excluding tert-OH is 1. The van der Waals surface area contributed by atoms with Crippen molar-refractivity contribution in [2.45, 2.75) is 32.0 Å². The maximum absolute atomic E-state index is 14.5. The zero-order valence-electron chi connectivity index (χ0n) is 19.2. The van der Waals surface area contributed by atoms with E-state index in [4.69, 9.17) is 4.74 Å². The van der Waals surface area contributed by atoms with E-state index >= 15 is 0 Å². The van der Waals surface area contributed by atoms with E-state index < -0.39 is 23.1 Å². The number of aliphatic hydroxyl groups is 1. The predicted molar refractivity (Wildman–Crippen MR) is 125 cm³/mol. The molecule has 8 heteroatoms. The zero-order valence-corrected chi connectivity index (χ0v) is 19.2. The van der Waals surface area contributed by atoms with Crippen molar-refractivity contribution in [2.24, 2.45) is 0 Å². The second kappa shape index (κ2) is 9.54. The molecular formula is C27H24F4N2O2. The summed E-state index contributed by atoms with van der Waals surface area (Å²) < 4.78 is 61.5. The van der Waals surface area contributed by atoms with Crippen LogP contribution in [0.4, 0.5) is 17.6 Å². The van der Waals surface area contributed by atoms with E-state index in [1.807, 2.05) is 42.5 Å². The van der Waals surface area contributed by atoms with Crippen LogP contribution in [0, 0.1) is 5.95 Å². The fraction of sp³-hybridized carbons (Fsp3) is 0.222. The number of benzene rings is 3. The zero-order chi connectivity index (χ0) is 25.2. The van der Waals surface area contributed by atoms with Gasteiger partial charge >= 0.3 is 6.18 Å². The Labute approximate surface area is 200 Å². The van der Waals surface area contributed by atoms with Crippen molar-refractivity contribution < 1.29 is 27.4 Å². The average molecular weight is 484 g/mol. The highest BCUT2D eigenvalue weighted by Gasteiger charge is 2.35. The molecule has 0 unspecified atom stereocenters. The molecule has 0 aliphatic heterocycles. The van der Waals surface area contributed by atoms with Crippen LogP contribution in [0.1, 0.15) is 30.8 Å². The third kappa shape index (κ3) is 5.38. The number of alkyl halides is 3. The Kier molecular flexibility index (Phi) is 6.67. The van der Waals surface area contributed by atoms with Crippen LogP contribution in [-0.4, -0.2) is 21.7 Å². The maximum Gasteiger partial charge on any atom is 0.419 e. The highest BCUT2D eigenvalue weighted by atomic mass is 19.4. The van der Waals surface area contributed by atoms with E-state index in [1.165, 1.54) is 12.1 Å². The molecule has 0 saturated heterocycles. The van der Waals surface area contributed by atoms with Crippen LogP contribution in [0.25, 0.3) is 22.4 Å². The molecule has 0 amide bonds. The molecule has 182 valence electrons. The number of rotatable bonds is 7. The van der Waals surface area contributed by atoms with Crippen molar-refractivity contribution in [3.63, 3.8) is 0 Å². The summed E-state index contributed by atoms with van der Waals surface area (Å²) in [5, 5.41) is 9.48. The van der Waals surface area contributed by atoms with Crippen molar-refractivity contribution in [3.8, 4) is 28.1 Å². The molecular weight excluding hydrogens is 460 g/mol. The quantitative estimate of drug-likeness (QED) is 0.285. The normalized spacial score (nSPS) is 12.1. The highest BCUT2D eigenvalue weighted by molar-refractivity contribution is 5.64. The van der Waals surface area contributed by atoms with Crippen molar-refractivity contribution >= 4 is 0 Å². The van der Waals surface area contributed by atoms with Gasteiger partial charge in [-0.25, -0.2) is 4.98 Å². The predicted octanol–water partition coefficient (Wildman–Crippen LogP) is 6.75. The molecule has 3 aromatic carbocycles. The van der Waals surface area contributed by atoms with E-state index in [0.29, 0.717) is 5.56 Å². The molecule has 0 saturated carbocycles. The van der Waals surface area contributed by atoms with Crippen LogP contribution in [0.15, 0.2) is 72.8 Å². The molecule has 1 aromatic heterocycles. The number of imidazole rings is 1. The van der Waals surface area contributed by atoms with Gasteiger partial charge in [-0.3, -0.25) is 0 Å². The molecule has 4 aromatic rings. The minimum atomic E-state index is -4.72. The lowest BCUT2D eigenvalue weighted by molar-refractivity contribution is -0.139. The minimum Gasteiger partial charge on any atom is -0.488 e. The van der Waals surface area contributed by atoms with Crippen LogP contribution >= 0.6 is 0 Å². The number of nitrogens with zero attached hydrogens (tertiary/aromatic N) is 1. The lowest BCUT2D eigenvalue weighted by Crippen LogP contribution is -2.23. The Morgan fingerprint density at radius 1 is 0.886 bits per heavy atom. The summed E-state index contributed by atoms with van der Waals surface area (Å²) in [4.78, 5) is 6.52. The standard InChI is InChI=1S/C27H24F4N2O2/c1-26(2,16-34)25-32-23(24(28)33-25)20-12-13-22(21(14-20)27(29,30)31)35-15-17-8-10-19(11-9-17)18-6-4-3-5-7-18/h3-14,34H,15-16H2,1-2H3,(H,32,33). The first kappa shape index (κ1) is 24.5. The van der Waals surface area contributed by atoms with Crippen LogP contribution < -0.4 is 4.74 Å². The summed E-state index contributed by atoms with van der Waals surface area (Å²) in [6.45, 7) is 2.90. The molecule has 4 nitrogen and oxygen atoms in total. The summed E-state index contributed by atoms with van der Waals surface area (Å²) >= 11 is 0. The number of nitrogens with one attached hydrogen (secondary N) is 1. The van der Waals surface area contributed by atoms with Gasteiger partial charge in [-0.1, -0.05) is 68.4 Å². The van der Waals surface area contributed by atoms with Gasteiger partial charge in [0.15, 0.2) is 0 Å². The molecule has 0 aliphatic carbocycles. The van der Waals surface area contributed by atoms with Crippen LogP contribution in [0.2, 0.25) is 0 Å². The number of H-pyrrole nitrogens is 1. The second-order valence-electron chi connectivity index (χ2n) is 8.85. The Morgan fingerprint density at radius 2 is 1.51 bits per heavy atom. The first-order chi connectivity index (χ1) is 16.6. The van der Waals surface area contributed by atoms with E-state index in [2.05, 4.69) is 9.97 Å². The number of ether oxygens (including phenoxy) is 1. The van der Waals surface area contributed by atoms with Crippen LogP contribution in [0.5, 0.6) is 5.75 Å². The summed E-state index contributed by atoms with van der Waals surface area (Å²) in [5.74, 6) is -1.10. The van der Waals surface area contributed by atoms with Gasteiger partial charge in [0, 0.05) is 11.0 Å². The van der Waals surface area contributed by atoms with Gasteiger partial charge in [0.05, 0.1) is 12.2 Å².